The maximum atomic E-state index is 13.2. The molecule has 182 valence electrons. The first kappa shape index (κ1) is 25.4. The lowest BCUT2D eigenvalue weighted by molar-refractivity contribution is -0.384. The molecule has 4 rings (SSSR count). The Morgan fingerprint density at radius 3 is 2.47 bits per heavy atom. The summed E-state index contributed by atoms with van der Waals surface area (Å²) in [7, 11) is 0. The lowest BCUT2D eigenvalue weighted by Gasteiger charge is -2.18. The number of benzene rings is 3. The number of amides is 2. The van der Waals surface area contributed by atoms with Gasteiger partial charge in [0, 0.05) is 28.1 Å². The molecular formula is C24H17BrClN5O4S. The largest absolute Gasteiger partial charge is 0.340 e. The van der Waals surface area contributed by atoms with Gasteiger partial charge in [-0.25, -0.2) is 0 Å². The van der Waals surface area contributed by atoms with E-state index in [0.717, 1.165) is 21.7 Å². The highest BCUT2D eigenvalue weighted by Crippen LogP contribution is 2.28. The van der Waals surface area contributed by atoms with Gasteiger partial charge < -0.3 is 5.32 Å². The monoisotopic (exact) mass is 585 g/mol. The van der Waals surface area contributed by atoms with Gasteiger partial charge >= 0.3 is 0 Å². The van der Waals surface area contributed by atoms with E-state index in [4.69, 9.17) is 11.6 Å². The van der Waals surface area contributed by atoms with Crippen LogP contribution in [0.3, 0.4) is 0 Å². The minimum atomic E-state index is -0.991. The van der Waals surface area contributed by atoms with Gasteiger partial charge in [-0.3, -0.25) is 25.0 Å². The van der Waals surface area contributed by atoms with Crippen molar-refractivity contribution in [1.29, 1.82) is 0 Å². The Balaban J connectivity index is 1.54. The van der Waals surface area contributed by atoms with Gasteiger partial charge in [-0.2, -0.15) is 0 Å². The van der Waals surface area contributed by atoms with Crippen LogP contribution < -0.4 is 10.6 Å². The number of anilines is 1. The highest BCUT2D eigenvalue weighted by atomic mass is 79.9. The number of aromatic nitrogens is 2. The van der Waals surface area contributed by atoms with Crippen molar-refractivity contribution in [3.8, 4) is 10.6 Å². The fraction of sp³-hybridized carbons (Fsp3) is 0.0833. The van der Waals surface area contributed by atoms with Gasteiger partial charge in [-0.15, -0.1) is 10.2 Å². The van der Waals surface area contributed by atoms with Gasteiger partial charge in [-0.1, -0.05) is 81.3 Å². The normalized spacial score (nSPS) is 11.5. The Hall–Kier alpha value is -3.67. The summed E-state index contributed by atoms with van der Waals surface area (Å²) in [5, 5.41) is 25.6. The molecule has 2 N–H and O–H groups in total. The summed E-state index contributed by atoms with van der Waals surface area (Å²) in [6.45, 7) is 0. The predicted octanol–water partition coefficient (Wildman–Crippen LogP) is 5.51. The van der Waals surface area contributed by atoms with Crippen LogP contribution in [0.5, 0.6) is 0 Å². The number of carbonyl (C=O) groups excluding carboxylic acids is 2. The van der Waals surface area contributed by atoms with E-state index in [1.807, 2.05) is 54.6 Å². The molecule has 0 radical (unpaired) electrons. The van der Waals surface area contributed by atoms with Crippen molar-refractivity contribution >= 4 is 61.5 Å². The Labute approximate surface area is 222 Å². The van der Waals surface area contributed by atoms with Crippen molar-refractivity contribution in [3.63, 3.8) is 0 Å². The van der Waals surface area contributed by atoms with Gasteiger partial charge in [0.25, 0.3) is 11.6 Å². The van der Waals surface area contributed by atoms with Crippen LogP contribution in [0.4, 0.5) is 10.8 Å². The average molecular weight is 587 g/mol. The molecule has 0 spiro atoms. The molecule has 1 aromatic heterocycles. The third-order valence-electron chi connectivity index (χ3n) is 5.06. The Morgan fingerprint density at radius 1 is 1.06 bits per heavy atom. The first-order chi connectivity index (χ1) is 17.3. The Kier molecular flexibility index (Phi) is 8.04. The van der Waals surface area contributed by atoms with Crippen molar-refractivity contribution in [2.75, 3.05) is 5.32 Å². The summed E-state index contributed by atoms with van der Waals surface area (Å²) in [4.78, 5) is 36.6. The molecule has 4 aromatic rings. The summed E-state index contributed by atoms with van der Waals surface area (Å²) in [5.74, 6) is -1.16. The van der Waals surface area contributed by atoms with Gasteiger partial charge in [-0.05, 0) is 29.8 Å². The number of nitro benzene ring substituents is 1. The molecule has 0 bridgehead atoms. The number of hydrogen-bond donors (Lipinski definition) is 2. The van der Waals surface area contributed by atoms with E-state index in [0.29, 0.717) is 5.01 Å². The van der Waals surface area contributed by atoms with Crippen LogP contribution in [0.1, 0.15) is 15.9 Å². The number of halogens is 2. The molecular weight excluding hydrogens is 570 g/mol. The van der Waals surface area contributed by atoms with Crippen LogP contribution in [-0.4, -0.2) is 33.0 Å². The quantitative estimate of drug-likeness (QED) is 0.207. The third kappa shape index (κ3) is 6.30. The standard InChI is InChI=1S/C24H17BrClN5O4S/c25-17-9-6-15(7-10-17)23-29-30-24(36-23)28-22(33)19(12-14-4-2-1-3-5-14)27-21(32)16-8-11-18(26)20(13-16)31(34)35/h1-11,13,19H,12H2,(H,27,32)(H,28,30,33)/t19-/m1/s1. The van der Waals surface area contributed by atoms with Gasteiger partial charge in [0.2, 0.25) is 11.0 Å². The maximum Gasteiger partial charge on any atom is 0.288 e. The van der Waals surface area contributed by atoms with Crippen molar-refractivity contribution in [2.24, 2.45) is 0 Å². The van der Waals surface area contributed by atoms with Crippen LogP contribution >= 0.6 is 38.9 Å². The smallest absolute Gasteiger partial charge is 0.288 e. The molecule has 12 heteroatoms. The minimum absolute atomic E-state index is 0.00500. The van der Waals surface area contributed by atoms with Crippen LogP contribution in [0.15, 0.2) is 77.3 Å². The van der Waals surface area contributed by atoms with Crippen LogP contribution in [0.25, 0.3) is 10.6 Å². The van der Waals surface area contributed by atoms with Gasteiger partial charge in [0.15, 0.2) is 0 Å². The molecule has 0 saturated heterocycles. The molecule has 0 aliphatic carbocycles. The van der Waals surface area contributed by atoms with E-state index < -0.39 is 28.5 Å². The molecule has 1 heterocycles. The third-order valence-corrected chi connectivity index (χ3v) is 6.79. The number of nitrogens with one attached hydrogen (secondary N) is 2. The van der Waals surface area contributed by atoms with Gasteiger partial charge in [0.1, 0.15) is 16.1 Å². The zero-order valence-corrected chi connectivity index (χ0v) is 21.5. The highest BCUT2D eigenvalue weighted by Gasteiger charge is 2.25. The number of nitrogens with zero attached hydrogens (tertiary/aromatic N) is 3. The average Bonchev–Trinajstić information content (AvgIpc) is 3.33. The van der Waals surface area contributed by atoms with E-state index >= 15 is 0 Å². The zero-order valence-electron chi connectivity index (χ0n) is 18.4. The van der Waals surface area contributed by atoms with E-state index in [9.17, 15) is 19.7 Å². The molecule has 0 aliphatic rings. The lowest BCUT2D eigenvalue weighted by Crippen LogP contribution is -2.45. The van der Waals surface area contributed by atoms with Crippen molar-refractivity contribution in [3.05, 3.63) is 104 Å². The summed E-state index contributed by atoms with van der Waals surface area (Å²) < 4.78 is 0.926. The van der Waals surface area contributed by atoms with E-state index in [1.165, 1.54) is 23.5 Å². The van der Waals surface area contributed by atoms with E-state index in [2.05, 4.69) is 36.8 Å². The van der Waals surface area contributed by atoms with Crippen molar-refractivity contribution in [1.82, 2.24) is 15.5 Å². The summed E-state index contributed by atoms with van der Waals surface area (Å²) in [6, 6.07) is 19.4. The zero-order chi connectivity index (χ0) is 25.7. The van der Waals surface area contributed by atoms with E-state index in [1.54, 1.807) is 0 Å². The number of nitro groups is 1. The molecule has 0 unspecified atom stereocenters. The molecule has 1 atom stereocenters. The van der Waals surface area contributed by atoms with Crippen molar-refractivity contribution < 1.29 is 14.5 Å². The van der Waals surface area contributed by atoms with Crippen LogP contribution in [0, 0.1) is 10.1 Å². The topological polar surface area (TPSA) is 127 Å². The summed E-state index contributed by atoms with van der Waals surface area (Å²) in [5.41, 5.74) is 1.26. The molecule has 9 nitrogen and oxygen atoms in total. The first-order valence-electron chi connectivity index (χ1n) is 10.5. The fourth-order valence-corrected chi connectivity index (χ4v) is 4.47. The number of carbonyl (C=O) groups is 2. The Bertz CT molecular complexity index is 1420. The molecule has 0 fully saturated rings. The second-order valence-corrected chi connectivity index (χ2v) is 9.85. The Morgan fingerprint density at radius 2 is 1.78 bits per heavy atom. The molecule has 0 aliphatic heterocycles. The number of rotatable bonds is 8. The SMILES string of the molecule is O=C(N[C@H](Cc1ccccc1)C(=O)Nc1nnc(-c2ccc(Br)cc2)s1)c1ccc(Cl)c([N+](=O)[O-])c1. The molecule has 36 heavy (non-hydrogen) atoms. The lowest BCUT2D eigenvalue weighted by atomic mass is 10.0. The van der Waals surface area contributed by atoms with Crippen LogP contribution in [0.2, 0.25) is 5.02 Å². The summed E-state index contributed by atoms with van der Waals surface area (Å²) >= 11 is 10.4. The molecule has 2 amide bonds. The second-order valence-electron chi connectivity index (χ2n) is 7.55. The second kappa shape index (κ2) is 11.4. The minimum Gasteiger partial charge on any atom is -0.340 e. The maximum absolute atomic E-state index is 13.2. The van der Waals surface area contributed by atoms with Crippen molar-refractivity contribution in [2.45, 2.75) is 12.5 Å². The fourth-order valence-electron chi connectivity index (χ4n) is 3.27. The predicted molar refractivity (Wildman–Crippen MR) is 141 cm³/mol. The first-order valence-corrected chi connectivity index (χ1v) is 12.5. The van der Waals surface area contributed by atoms with Crippen LogP contribution in [-0.2, 0) is 11.2 Å². The molecule has 0 saturated carbocycles. The number of hydrogen-bond acceptors (Lipinski definition) is 7. The molecule has 3 aromatic carbocycles. The van der Waals surface area contributed by atoms with E-state index in [-0.39, 0.29) is 22.1 Å². The highest BCUT2D eigenvalue weighted by molar-refractivity contribution is 9.10. The van der Waals surface area contributed by atoms with Gasteiger partial charge in [0.05, 0.1) is 4.92 Å². The summed E-state index contributed by atoms with van der Waals surface area (Å²) in [6.07, 6.45) is 0.187.